The number of amides is 1. The normalized spacial score (nSPS) is 13.5. The van der Waals surface area contributed by atoms with Crippen molar-refractivity contribution in [2.45, 2.75) is 19.6 Å². The van der Waals surface area contributed by atoms with Gasteiger partial charge in [0.25, 0.3) is 0 Å². The predicted molar refractivity (Wildman–Crippen MR) is 74.2 cm³/mol. The van der Waals surface area contributed by atoms with E-state index in [2.05, 4.69) is 5.16 Å². The highest BCUT2D eigenvalue weighted by Crippen LogP contribution is 2.23. The molecule has 0 atom stereocenters. The molecule has 1 aromatic carbocycles. The largest absolute Gasteiger partial charge is 0.476 e. The first-order valence-corrected chi connectivity index (χ1v) is 6.81. The van der Waals surface area contributed by atoms with Gasteiger partial charge in [0.05, 0.1) is 6.54 Å². The van der Waals surface area contributed by atoms with Crippen molar-refractivity contribution in [2.75, 3.05) is 6.54 Å². The number of rotatable bonds is 3. The van der Waals surface area contributed by atoms with E-state index in [9.17, 15) is 9.59 Å². The minimum Gasteiger partial charge on any atom is -0.476 e. The quantitative estimate of drug-likeness (QED) is 0.933. The molecule has 7 nitrogen and oxygen atoms in total. The third-order valence-electron chi connectivity index (χ3n) is 3.50. The summed E-state index contributed by atoms with van der Waals surface area (Å²) in [6.07, 6.45) is -0.0660. The fourth-order valence-corrected chi connectivity index (χ4v) is 2.36. The molecule has 2 heterocycles. The van der Waals surface area contributed by atoms with Gasteiger partial charge in [-0.2, -0.15) is 0 Å². The van der Waals surface area contributed by atoms with Crippen LogP contribution in [0.25, 0.3) is 0 Å². The number of nitrogens with zero attached hydrogens (tertiary/aromatic N) is 2. The average Bonchev–Trinajstić information content (AvgIpc) is 2.97. The van der Waals surface area contributed by atoms with Gasteiger partial charge in [0.15, 0.2) is 11.5 Å². The van der Waals surface area contributed by atoms with Gasteiger partial charge >= 0.3 is 12.1 Å². The van der Waals surface area contributed by atoms with Crippen molar-refractivity contribution in [1.29, 1.82) is 0 Å². The molecule has 0 aliphatic carbocycles. The number of carbonyl (C=O) groups is 2. The summed E-state index contributed by atoms with van der Waals surface area (Å²) in [7, 11) is 0. The molecule has 0 bridgehead atoms. The van der Waals surface area contributed by atoms with E-state index in [4.69, 9.17) is 14.4 Å². The number of hydrogen-bond donors (Lipinski definition) is 1. The summed E-state index contributed by atoms with van der Waals surface area (Å²) in [6.45, 7) is 0.741. The first-order chi connectivity index (χ1) is 10.6. The molecule has 0 fully saturated rings. The van der Waals surface area contributed by atoms with E-state index in [-0.39, 0.29) is 18.8 Å². The maximum absolute atomic E-state index is 12.0. The molecule has 0 saturated heterocycles. The summed E-state index contributed by atoms with van der Waals surface area (Å²) in [5.74, 6) is -0.717. The predicted octanol–water partition coefficient (Wildman–Crippen LogP) is 2.07. The van der Waals surface area contributed by atoms with Crippen LogP contribution in [0.3, 0.4) is 0 Å². The third-order valence-corrected chi connectivity index (χ3v) is 3.50. The number of ether oxygens (including phenoxy) is 1. The summed E-state index contributed by atoms with van der Waals surface area (Å²) in [5, 5.41) is 12.5. The lowest BCUT2D eigenvalue weighted by Crippen LogP contribution is -2.36. The molecule has 1 aliphatic rings. The lowest BCUT2D eigenvalue weighted by molar-refractivity contribution is 0.0684. The molecule has 0 spiro atoms. The van der Waals surface area contributed by atoms with Gasteiger partial charge < -0.3 is 19.3 Å². The molecule has 1 aromatic heterocycles. The summed E-state index contributed by atoms with van der Waals surface area (Å²) in [5.41, 5.74) is 1.38. The van der Waals surface area contributed by atoms with Crippen LogP contribution in [0.1, 0.15) is 27.4 Å². The molecule has 3 rings (SSSR count). The molecule has 0 saturated carbocycles. The number of carboxylic acid groups (broad SMARTS) is 1. The van der Waals surface area contributed by atoms with Gasteiger partial charge in [-0.25, -0.2) is 9.59 Å². The highest BCUT2D eigenvalue weighted by molar-refractivity contribution is 5.87. The summed E-state index contributed by atoms with van der Waals surface area (Å²) < 4.78 is 10.3. The van der Waals surface area contributed by atoms with Crippen LogP contribution in [0, 0.1) is 0 Å². The fourth-order valence-electron chi connectivity index (χ4n) is 2.36. The fraction of sp³-hybridized carbons (Fsp3) is 0.267. The number of carboxylic acids is 1. The van der Waals surface area contributed by atoms with E-state index in [1.54, 1.807) is 0 Å². The Labute approximate surface area is 126 Å². The number of fused-ring (bicyclic) bond motifs is 1. The van der Waals surface area contributed by atoms with Crippen LogP contribution in [-0.4, -0.2) is 33.8 Å². The molecule has 7 heteroatoms. The summed E-state index contributed by atoms with van der Waals surface area (Å²) in [6, 6.07) is 9.38. The number of aromatic nitrogens is 1. The van der Waals surface area contributed by atoms with E-state index in [1.807, 2.05) is 30.3 Å². The molecule has 2 aromatic rings. The second-order valence-corrected chi connectivity index (χ2v) is 4.95. The highest BCUT2D eigenvalue weighted by atomic mass is 16.6. The van der Waals surface area contributed by atoms with E-state index in [0.717, 1.165) is 5.56 Å². The zero-order valence-corrected chi connectivity index (χ0v) is 11.7. The van der Waals surface area contributed by atoms with Gasteiger partial charge in [0.1, 0.15) is 6.61 Å². The monoisotopic (exact) mass is 302 g/mol. The number of aromatic carboxylic acids is 1. The number of hydrogen-bond acceptors (Lipinski definition) is 5. The average molecular weight is 302 g/mol. The second kappa shape index (κ2) is 5.88. The van der Waals surface area contributed by atoms with Crippen LogP contribution in [-0.2, 0) is 24.3 Å². The Hall–Kier alpha value is -2.83. The molecule has 22 heavy (non-hydrogen) atoms. The summed E-state index contributed by atoms with van der Waals surface area (Å²) in [4.78, 5) is 24.5. The van der Waals surface area contributed by atoms with E-state index >= 15 is 0 Å². The zero-order valence-electron chi connectivity index (χ0n) is 11.7. The van der Waals surface area contributed by atoms with Crippen molar-refractivity contribution in [3.8, 4) is 0 Å². The Kier molecular flexibility index (Phi) is 3.78. The molecule has 1 aliphatic heterocycles. The third kappa shape index (κ3) is 2.78. The topological polar surface area (TPSA) is 92.9 Å². The first-order valence-electron chi connectivity index (χ1n) is 6.81. The Morgan fingerprint density at radius 2 is 2.09 bits per heavy atom. The Morgan fingerprint density at radius 3 is 2.82 bits per heavy atom. The van der Waals surface area contributed by atoms with Crippen molar-refractivity contribution in [1.82, 2.24) is 10.1 Å². The summed E-state index contributed by atoms with van der Waals surface area (Å²) >= 11 is 0. The highest BCUT2D eigenvalue weighted by Gasteiger charge is 2.29. The minimum absolute atomic E-state index is 0.0766. The lowest BCUT2D eigenvalue weighted by Gasteiger charge is -2.24. The van der Waals surface area contributed by atoms with Gasteiger partial charge in [-0.05, 0) is 12.0 Å². The standard InChI is InChI=1S/C15H14N2O5/c18-14(19)13-11-6-7-17(8-12(11)22-16-13)15(20)21-9-10-4-2-1-3-5-10/h1-5H,6-9H2,(H,18,19). The van der Waals surface area contributed by atoms with Crippen LogP contribution in [0.5, 0.6) is 0 Å². The molecule has 0 radical (unpaired) electrons. The van der Waals surface area contributed by atoms with Crippen LogP contribution in [0.2, 0.25) is 0 Å². The van der Waals surface area contributed by atoms with Crippen molar-refractivity contribution < 1.29 is 24.0 Å². The first kappa shape index (κ1) is 14.1. The molecular formula is C15H14N2O5. The molecule has 1 amide bonds. The SMILES string of the molecule is O=C(O)c1noc2c1CCN(C(=O)OCc1ccccc1)C2. The van der Waals surface area contributed by atoms with E-state index in [0.29, 0.717) is 24.3 Å². The van der Waals surface area contributed by atoms with Gasteiger partial charge in [0.2, 0.25) is 0 Å². The Balaban J connectivity index is 1.62. The van der Waals surface area contributed by atoms with Crippen LogP contribution < -0.4 is 0 Å². The lowest BCUT2D eigenvalue weighted by atomic mass is 10.1. The van der Waals surface area contributed by atoms with Gasteiger partial charge in [0, 0.05) is 12.1 Å². The number of carbonyl (C=O) groups excluding carboxylic acids is 1. The van der Waals surface area contributed by atoms with Crippen molar-refractivity contribution in [2.24, 2.45) is 0 Å². The van der Waals surface area contributed by atoms with Crippen molar-refractivity contribution in [3.63, 3.8) is 0 Å². The van der Waals surface area contributed by atoms with E-state index < -0.39 is 12.1 Å². The maximum Gasteiger partial charge on any atom is 0.410 e. The van der Waals surface area contributed by atoms with Crippen molar-refractivity contribution in [3.05, 3.63) is 52.9 Å². The van der Waals surface area contributed by atoms with Gasteiger partial charge in [-0.3, -0.25) is 0 Å². The second-order valence-electron chi connectivity index (χ2n) is 4.95. The zero-order chi connectivity index (χ0) is 15.5. The minimum atomic E-state index is -1.12. The molecular weight excluding hydrogens is 288 g/mol. The maximum atomic E-state index is 12.0. The Morgan fingerprint density at radius 1 is 1.32 bits per heavy atom. The smallest absolute Gasteiger partial charge is 0.410 e. The molecule has 0 unspecified atom stereocenters. The van der Waals surface area contributed by atoms with Gasteiger partial charge in [-0.1, -0.05) is 35.5 Å². The number of benzene rings is 1. The molecule has 1 N–H and O–H groups in total. The van der Waals surface area contributed by atoms with Crippen LogP contribution in [0.15, 0.2) is 34.9 Å². The Bertz CT molecular complexity index is 695. The van der Waals surface area contributed by atoms with Crippen LogP contribution in [0.4, 0.5) is 4.79 Å². The van der Waals surface area contributed by atoms with Gasteiger partial charge in [-0.15, -0.1) is 0 Å². The molecule has 114 valence electrons. The van der Waals surface area contributed by atoms with Crippen molar-refractivity contribution >= 4 is 12.1 Å². The van der Waals surface area contributed by atoms with Crippen LogP contribution >= 0.6 is 0 Å². The van der Waals surface area contributed by atoms with E-state index in [1.165, 1.54) is 4.90 Å².